The summed E-state index contributed by atoms with van der Waals surface area (Å²) in [5.74, 6) is -0.183. The van der Waals surface area contributed by atoms with Crippen LogP contribution in [0.2, 0.25) is 5.02 Å². The molecular weight excluding hydrogens is 332 g/mol. The Kier molecular flexibility index (Phi) is 5.26. The number of amides is 1. The molecule has 1 aromatic heterocycles. The number of halogens is 1. The molecule has 124 valence electrons. The number of aryl methyl sites for hydroxylation is 1. The van der Waals surface area contributed by atoms with Crippen LogP contribution in [0.25, 0.3) is 12.2 Å². The van der Waals surface area contributed by atoms with Crippen LogP contribution in [0.15, 0.2) is 67.0 Å². The van der Waals surface area contributed by atoms with Crippen molar-refractivity contribution in [3.63, 3.8) is 0 Å². The summed E-state index contributed by atoms with van der Waals surface area (Å²) in [6, 6.07) is 16.8. The third-order valence-corrected chi connectivity index (χ3v) is 4.16. The molecule has 25 heavy (non-hydrogen) atoms. The topological polar surface area (TPSA) is 42.0 Å². The van der Waals surface area contributed by atoms with Gasteiger partial charge in [-0.25, -0.2) is 0 Å². The van der Waals surface area contributed by atoms with Crippen molar-refractivity contribution in [2.45, 2.75) is 6.92 Å². The van der Waals surface area contributed by atoms with Gasteiger partial charge in [-0.1, -0.05) is 42.0 Å². The van der Waals surface area contributed by atoms with Gasteiger partial charge < -0.3 is 5.32 Å². The minimum absolute atomic E-state index is 0.183. The Morgan fingerprint density at radius 1 is 1.00 bits per heavy atom. The molecule has 4 heteroatoms. The van der Waals surface area contributed by atoms with E-state index in [-0.39, 0.29) is 5.91 Å². The van der Waals surface area contributed by atoms with Gasteiger partial charge in [0.2, 0.25) is 0 Å². The summed E-state index contributed by atoms with van der Waals surface area (Å²) in [5.41, 5.74) is 4.28. The largest absolute Gasteiger partial charge is 0.322 e. The van der Waals surface area contributed by atoms with Gasteiger partial charge in [-0.15, -0.1) is 0 Å². The Hall–Kier alpha value is -2.91. The Balaban J connectivity index is 1.74. The molecule has 0 fully saturated rings. The summed E-state index contributed by atoms with van der Waals surface area (Å²) >= 11 is 6.09. The van der Waals surface area contributed by atoms with Crippen LogP contribution in [0.5, 0.6) is 0 Å². The van der Waals surface area contributed by atoms with Crippen molar-refractivity contribution in [3.8, 4) is 0 Å². The number of rotatable bonds is 4. The molecule has 3 rings (SSSR count). The van der Waals surface area contributed by atoms with Gasteiger partial charge in [0.15, 0.2) is 0 Å². The summed E-state index contributed by atoms with van der Waals surface area (Å²) in [7, 11) is 0. The number of carbonyl (C=O) groups is 1. The van der Waals surface area contributed by atoms with E-state index in [1.54, 1.807) is 24.5 Å². The molecule has 1 amide bonds. The fourth-order valence-corrected chi connectivity index (χ4v) is 2.51. The molecule has 0 aliphatic carbocycles. The van der Waals surface area contributed by atoms with E-state index in [2.05, 4.69) is 10.3 Å². The van der Waals surface area contributed by atoms with Gasteiger partial charge in [0.05, 0.1) is 0 Å². The third-order valence-electron chi connectivity index (χ3n) is 3.75. The molecule has 3 aromatic rings. The Morgan fingerprint density at radius 3 is 2.52 bits per heavy atom. The van der Waals surface area contributed by atoms with Crippen LogP contribution in [0.4, 0.5) is 5.69 Å². The molecule has 0 aliphatic rings. The molecule has 0 bridgehead atoms. The summed E-state index contributed by atoms with van der Waals surface area (Å²) in [6.45, 7) is 1.91. The minimum atomic E-state index is -0.183. The normalized spacial score (nSPS) is 10.8. The fraction of sp³-hybridized carbons (Fsp3) is 0.0476. The summed E-state index contributed by atoms with van der Waals surface area (Å²) in [5, 5.41) is 3.49. The molecule has 1 heterocycles. The average molecular weight is 349 g/mol. The van der Waals surface area contributed by atoms with Crippen LogP contribution in [0.3, 0.4) is 0 Å². The zero-order chi connectivity index (χ0) is 17.6. The standard InChI is InChI=1S/C21H17ClN2O/c1-15-5-8-18(14-20(15)22)21(25)24-19-4-2-3-17(13-19)7-6-16-9-11-23-12-10-16/h2-14H,1H3,(H,24,25). The lowest BCUT2D eigenvalue weighted by Crippen LogP contribution is -2.11. The zero-order valence-corrected chi connectivity index (χ0v) is 14.5. The number of pyridine rings is 1. The van der Waals surface area contributed by atoms with Crippen molar-refractivity contribution in [2.75, 3.05) is 5.32 Å². The number of nitrogens with zero attached hydrogens (tertiary/aromatic N) is 1. The second kappa shape index (κ2) is 7.77. The molecule has 0 saturated heterocycles. The number of aromatic nitrogens is 1. The van der Waals surface area contributed by atoms with E-state index in [1.807, 2.05) is 61.5 Å². The number of hydrogen-bond donors (Lipinski definition) is 1. The second-order valence-corrected chi connectivity index (χ2v) is 6.06. The minimum Gasteiger partial charge on any atom is -0.322 e. The van der Waals surface area contributed by atoms with E-state index in [0.717, 1.165) is 22.4 Å². The van der Waals surface area contributed by atoms with Crippen molar-refractivity contribution >= 4 is 35.3 Å². The summed E-state index contributed by atoms with van der Waals surface area (Å²) in [6.07, 6.45) is 7.50. The van der Waals surface area contributed by atoms with Crippen LogP contribution in [-0.2, 0) is 0 Å². The van der Waals surface area contributed by atoms with Gasteiger partial charge in [0.25, 0.3) is 5.91 Å². The quantitative estimate of drug-likeness (QED) is 0.679. The van der Waals surface area contributed by atoms with Crippen molar-refractivity contribution in [3.05, 3.63) is 94.3 Å². The molecule has 3 nitrogen and oxygen atoms in total. The maximum atomic E-state index is 12.4. The van der Waals surface area contributed by atoms with Crippen molar-refractivity contribution in [2.24, 2.45) is 0 Å². The Morgan fingerprint density at radius 2 is 1.76 bits per heavy atom. The Bertz CT molecular complexity index is 920. The zero-order valence-electron chi connectivity index (χ0n) is 13.7. The highest BCUT2D eigenvalue weighted by Crippen LogP contribution is 2.19. The van der Waals surface area contributed by atoms with Crippen LogP contribution in [0.1, 0.15) is 27.0 Å². The second-order valence-electron chi connectivity index (χ2n) is 5.66. The lowest BCUT2D eigenvalue weighted by Gasteiger charge is -2.07. The van der Waals surface area contributed by atoms with Crippen LogP contribution >= 0.6 is 11.6 Å². The van der Waals surface area contributed by atoms with Crippen LogP contribution in [0, 0.1) is 6.92 Å². The maximum Gasteiger partial charge on any atom is 0.255 e. The molecule has 0 radical (unpaired) electrons. The molecule has 1 N–H and O–H groups in total. The van der Waals surface area contributed by atoms with Gasteiger partial charge in [-0.05, 0) is 60.0 Å². The third kappa shape index (κ3) is 4.55. The molecule has 0 aliphatic heterocycles. The fourth-order valence-electron chi connectivity index (χ4n) is 2.32. The van der Waals surface area contributed by atoms with Crippen molar-refractivity contribution in [1.29, 1.82) is 0 Å². The SMILES string of the molecule is Cc1ccc(C(=O)Nc2cccc(C=Cc3ccncc3)c2)cc1Cl. The van der Waals surface area contributed by atoms with Crippen LogP contribution in [-0.4, -0.2) is 10.9 Å². The molecule has 0 atom stereocenters. The van der Waals surface area contributed by atoms with Gasteiger partial charge in [-0.2, -0.15) is 0 Å². The predicted octanol–water partition coefficient (Wildman–Crippen LogP) is 5.47. The highest BCUT2D eigenvalue weighted by molar-refractivity contribution is 6.31. The molecule has 0 unspecified atom stereocenters. The molecular formula is C21H17ClN2O. The first-order valence-corrected chi connectivity index (χ1v) is 8.25. The van der Waals surface area contributed by atoms with E-state index in [4.69, 9.17) is 11.6 Å². The maximum absolute atomic E-state index is 12.4. The lowest BCUT2D eigenvalue weighted by atomic mass is 10.1. The summed E-state index contributed by atoms with van der Waals surface area (Å²) < 4.78 is 0. The first kappa shape index (κ1) is 16.9. The van der Waals surface area contributed by atoms with Crippen molar-refractivity contribution in [1.82, 2.24) is 4.98 Å². The number of hydrogen-bond acceptors (Lipinski definition) is 2. The van der Waals surface area contributed by atoms with E-state index < -0.39 is 0 Å². The number of anilines is 1. The molecule has 2 aromatic carbocycles. The number of benzene rings is 2. The van der Waals surface area contributed by atoms with E-state index >= 15 is 0 Å². The van der Waals surface area contributed by atoms with Gasteiger partial charge in [0, 0.05) is 28.7 Å². The summed E-state index contributed by atoms with van der Waals surface area (Å²) in [4.78, 5) is 16.4. The van der Waals surface area contributed by atoms with Crippen molar-refractivity contribution < 1.29 is 4.79 Å². The van der Waals surface area contributed by atoms with Crippen LogP contribution < -0.4 is 5.32 Å². The van der Waals surface area contributed by atoms with E-state index in [1.165, 1.54) is 0 Å². The predicted molar refractivity (Wildman–Crippen MR) is 104 cm³/mol. The average Bonchev–Trinajstić information content (AvgIpc) is 2.63. The van der Waals surface area contributed by atoms with Gasteiger partial charge in [-0.3, -0.25) is 9.78 Å². The molecule has 0 spiro atoms. The molecule has 0 saturated carbocycles. The first-order chi connectivity index (χ1) is 12.1. The van der Waals surface area contributed by atoms with Gasteiger partial charge >= 0.3 is 0 Å². The smallest absolute Gasteiger partial charge is 0.255 e. The van der Waals surface area contributed by atoms with Gasteiger partial charge in [0.1, 0.15) is 0 Å². The number of carbonyl (C=O) groups excluding carboxylic acids is 1. The van der Waals surface area contributed by atoms with E-state index in [0.29, 0.717) is 10.6 Å². The number of nitrogens with one attached hydrogen (secondary N) is 1. The lowest BCUT2D eigenvalue weighted by molar-refractivity contribution is 0.102. The monoisotopic (exact) mass is 348 g/mol. The highest BCUT2D eigenvalue weighted by Gasteiger charge is 2.08. The Labute approximate surface area is 152 Å². The van der Waals surface area contributed by atoms with E-state index in [9.17, 15) is 4.79 Å². The first-order valence-electron chi connectivity index (χ1n) is 7.87. The highest BCUT2D eigenvalue weighted by atomic mass is 35.5.